The summed E-state index contributed by atoms with van der Waals surface area (Å²) in [5.41, 5.74) is 0. The Balaban J connectivity index is 2.15. The van der Waals surface area contributed by atoms with Crippen molar-refractivity contribution in [2.24, 2.45) is 0 Å². The molecule has 1 aliphatic rings. The van der Waals surface area contributed by atoms with Crippen molar-refractivity contribution in [3.05, 3.63) is 0 Å². The van der Waals surface area contributed by atoms with E-state index in [2.05, 4.69) is 31.4 Å². The third kappa shape index (κ3) is 5.30. The van der Waals surface area contributed by atoms with E-state index in [0.717, 1.165) is 19.4 Å². The van der Waals surface area contributed by atoms with Crippen molar-refractivity contribution in [3.63, 3.8) is 0 Å². The zero-order chi connectivity index (χ0) is 12.7. The van der Waals surface area contributed by atoms with Gasteiger partial charge < -0.3 is 10.6 Å². The molecule has 1 fully saturated rings. The van der Waals surface area contributed by atoms with E-state index in [0.29, 0.717) is 17.3 Å². The molecular weight excluding hydrogens is 232 g/mol. The summed E-state index contributed by atoms with van der Waals surface area (Å²) >= 11 is 2.03. The van der Waals surface area contributed by atoms with Gasteiger partial charge in [0.05, 0.1) is 6.54 Å². The van der Waals surface area contributed by atoms with E-state index in [1.807, 2.05) is 11.8 Å². The van der Waals surface area contributed by atoms with Crippen molar-refractivity contribution < 1.29 is 4.79 Å². The van der Waals surface area contributed by atoms with Crippen LogP contribution in [-0.4, -0.2) is 35.5 Å². The van der Waals surface area contributed by atoms with Crippen LogP contribution in [0.2, 0.25) is 0 Å². The predicted octanol–water partition coefficient (Wildman–Crippen LogP) is 2.17. The van der Waals surface area contributed by atoms with Crippen LogP contribution in [0.25, 0.3) is 0 Å². The molecule has 0 bridgehead atoms. The van der Waals surface area contributed by atoms with E-state index in [1.165, 1.54) is 18.6 Å². The summed E-state index contributed by atoms with van der Waals surface area (Å²) in [5, 5.41) is 6.33. The van der Waals surface area contributed by atoms with Gasteiger partial charge in [-0.05, 0) is 38.4 Å². The highest BCUT2D eigenvalue weighted by Crippen LogP contribution is 2.36. The van der Waals surface area contributed by atoms with Gasteiger partial charge >= 0.3 is 0 Å². The fourth-order valence-electron chi connectivity index (χ4n) is 2.19. The minimum absolute atomic E-state index is 0.130. The number of nitrogens with one attached hydrogen (secondary N) is 2. The lowest BCUT2D eigenvalue weighted by atomic mass is 10.1. The standard InChI is InChI=1S/C13H26N2OS/c1-4-11(5-2)15-12(16)9-14-10-13(3)7-6-8-17-13/h11,14H,4-10H2,1-3H3,(H,15,16). The topological polar surface area (TPSA) is 41.1 Å². The zero-order valence-corrected chi connectivity index (χ0v) is 12.2. The summed E-state index contributed by atoms with van der Waals surface area (Å²) in [6.07, 6.45) is 4.59. The molecule has 1 heterocycles. The summed E-state index contributed by atoms with van der Waals surface area (Å²) in [6, 6.07) is 0.334. The van der Waals surface area contributed by atoms with Crippen molar-refractivity contribution in [1.82, 2.24) is 10.6 Å². The lowest BCUT2D eigenvalue weighted by molar-refractivity contribution is -0.121. The van der Waals surface area contributed by atoms with E-state index < -0.39 is 0 Å². The molecule has 0 aromatic heterocycles. The second-order valence-corrected chi connectivity index (χ2v) is 6.77. The second-order valence-electron chi connectivity index (χ2n) is 5.09. The normalized spacial score (nSPS) is 24.2. The average molecular weight is 258 g/mol. The van der Waals surface area contributed by atoms with Gasteiger partial charge in [0.1, 0.15) is 0 Å². The van der Waals surface area contributed by atoms with Crippen LogP contribution in [0.5, 0.6) is 0 Å². The van der Waals surface area contributed by atoms with Crippen LogP contribution in [0.1, 0.15) is 46.5 Å². The third-order valence-electron chi connectivity index (χ3n) is 3.44. The number of rotatable bonds is 7. The predicted molar refractivity (Wildman–Crippen MR) is 75.5 cm³/mol. The van der Waals surface area contributed by atoms with Gasteiger partial charge in [-0.25, -0.2) is 0 Å². The van der Waals surface area contributed by atoms with Gasteiger partial charge in [0.2, 0.25) is 5.91 Å². The number of thioether (sulfide) groups is 1. The van der Waals surface area contributed by atoms with E-state index in [4.69, 9.17) is 0 Å². The van der Waals surface area contributed by atoms with Crippen LogP contribution in [-0.2, 0) is 4.79 Å². The van der Waals surface area contributed by atoms with Crippen LogP contribution in [0.4, 0.5) is 0 Å². The van der Waals surface area contributed by atoms with Gasteiger partial charge in [-0.3, -0.25) is 4.79 Å². The molecule has 1 aliphatic heterocycles. The van der Waals surface area contributed by atoms with E-state index in [-0.39, 0.29) is 5.91 Å². The van der Waals surface area contributed by atoms with Crippen molar-refractivity contribution in [2.75, 3.05) is 18.8 Å². The minimum Gasteiger partial charge on any atom is -0.352 e. The molecule has 1 rings (SSSR count). The maximum atomic E-state index is 11.7. The highest BCUT2D eigenvalue weighted by Gasteiger charge is 2.28. The Morgan fingerprint density at radius 3 is 2.65 bits per heavy atom. The Bertz CT molecular complexity index is 236. The van der Waals surface area contributed by atoms with Crippen molar-refractivity contribution in [3.8, 4) is 0 Å². The van der Waals surface area contributed by atoms with Crippen molar-refractivity contribution >= 4 is 17.7 Å². The fraction of sp³-hybridized carbons (Fsp3) is 0.923. The van der Waals surface area contributed by atoms with Crippen LogP contribution < -0.4 is 10.6 Å². The summed E-state index contributed by atoms with van der Waals surface area (Å²) in [4.78, 5) is 11.7. The zero-order valence-electron chi connectivity index (χ0n) is 11.3. The maximum absolute atomic E-state index is 11.7. The van der Waals surface area contributed by atoms with Crippen molar-refractivity contribution in [1.29, 1.82) is 0 Å². The molecule has 0 spiro atoms. The molecule has 0 aromatic rings. The highest BCUT2D eigenvalue weighted by molar-refractivity contribution is 8.00. The van der Waals surface area contributed by atoms with Gasteiger partial charge in [0.25, 0.3) is 0 Å². The molecule has 1 atom stereocenters. The molecule has 0 aromatic carbocycles. The molecular formula is C13H26N2OS. The second kappa shape index (κ2) is 7.27. The highest BCUT2D eigenvalue weighted by atomic mass is 32.2. The number of hydrogen-bond donors (Lipinski definition) is 2. The Morgan fingerprint density at radius 1 is 1.41 bits per heavy atom. The molecule has 4 heteroatoms. The fourth-order valence-corrected chi connectivity index (χ4v) is 3.46. The molecule has 2 N–H and O–H groups in total. The van der Waals surface area contributed by atoms with Crippen LogP contribution >= 0.6 is 11.8 Å². The van der Waals surface area contributed by atoms with E-state index in [1.54, 1.807) is 0 Å². The van der Waals surface area contributed by atoms with Crippen LogP contribution in [0, 0.1) is 0 Å². The number of carbonyl (C=O) groups excluding carboxylic acids is 1. The van der Waals surface area contributed by atoms with Crippen LogP contribution in [0.15, 0.2) is 0 Å². The van der Waals surface area contributed by atoms with E-state index in [9.17, 15) is 4.79 Å². The minimum atomic E-state index is 0.130. The molecule has 0 aliphatic carbocycles. The Kier molecular flexibility index (Phi) is 6.34. The van der Waals surface area contributed by atoms with Crippen molar-refractivity contribution in [2.45, 2.75) is 57.2 Å². The summed E-state index contributed by atoms with van der Waals surface area (Å²) < 4.78 is 0.342. The molecule has 0 saturated carbocycles. The lowest BCUT2D eigenvalue weighted by Gasteiger charge is -2.23. The van der Waals surface area contributed by atoms with Gasteiger partial charge in [-0.2, -0.15) is 11.8 Å². The first-order valence-corrected chi connectivity index (χ1v) is 7.72. The van der Waals surface area contributed by atoms with Gasteiger partial charge in [-0.1, -0.05) is 13.8 Å². The average Bonchev–Trinajstić information content (AvgIpc) is 2.73. The van der Waals surface area contributed by atoms with Gasteiger partial charge in [0, 0.05) is 17.3 Å². The monoisotopic (exact) mass is 258 g/mol. The molecule has 17 heavy (non-hydrogen) atoms. The summed E-state index contributed by atoms with van der Waals surface area (Å²) in [6.45, 7) is 7.90. The first-order chi connectivity index (χ1) is 8.09. The van der Waals surface area contributed by atoms with Crippen LogP contribution in [0.3, 0.4) is 0 Å². The molecule has 1 unspecified atom stereocenters. The quantitative estimate of drug-likeness (QED) is 0.735. The number of hydrogen-bond acceptors (Lipinski definition) is 3. The lowest BCUT2D eigenvalue weighted by Crippen LogP contribution is -2.43. The Labute approximate surface area is 109 Å². The smallest absolute Gasteiger partial charge is 0.234 e. The molecule has 1 saturated heterocycles. The summed E-state index contributed by atoms with van der Waals surface area (Å²) in [5.74, 6) is 1.39. The first kappa shape index (κ1) is 14.8. The maximum Gasteiger partial charge on any atom is 0.234 e. The number of carbonyl (C=O) groups is 1. The molecule has 1 amide bonds. The Morgan fingerprint density at radius 2 is 2.12 bits per heavy atom. The van der Waals surface area contributed by atoms with Gasteiger partial charge in [-0.15, -0.1) is 0 Å². The van der Waals surface area contributed by atoms with E-state index >= 15 is 0 Å². The summed E-state index contributed by atoms with van der Waals surface area (Å²) in [7, 11) is 0. The molecule has 100 valence electrons. The van der Waals surface area contributed by atoms with Gasteiger partial charge in [0.15, 0.2) is 0 Å². The Hall–Kier alpha value is -0.220. The molecule has 3 nitrogen and oxygen atoms in total. The largest absolute Gasteiger partial charge is 0.352 e. The number of amides is 1. The third-order valence-corrected chi connectivity index (χ3v) is 4.97. The molecule has 0 radical (unpaired) electrons. The SMILES string of the molecule is CCC(CC)NC(=O)CNCC1(C)CCCS1. The first-order valence-electron chi connectivity index (χ1n) is 6.73.